The highest BCUT2D eigenvalue weighted by Crippen LogP contribution is 2.26. The van der Waals surface area contributed by atoms with Gasteiger partial charge in [-0.25, -0.2) is 4.79 Å². The van der Waals surface area contributed by atoms with Crippen molar-refractivity contribution in [1.82, 2.24) is 0 Å². The van der Waals surface area contributed by atoms with Crippen molar-refractivity contribution in [2.75, 3.05) is 6.61 Å². The highest BCUT2D eigenvalue weighted by Gasteiger charge is 2.21. The summed E-state index contributed by atoms with van der Waals surface area (Å²) in [6.07, 6.45) is 2.50. The summed E-state index contributed by atoms with van der Waals surface area (Å²) in [5.41, 5.74) is 0.510. The molecule has 1 aromatic carbocycles. The lowest BCUT2D eigenvalue weighted by molar-refractivity contribution is -0.137. The number of halogens is 3. The van der Waals surface area contributed by atoms with Crippen LogP contribution in [0.15, 0.2) is 24.3 Å². The van der Waals surface area contributed by atoms with E-state index >= 15 is 0 Å². The van der Waals surface area contributed by atoms with Gasteiger partial charge >= 0.3 is 5.97 Å². The van der Waals surface area contributed by atoms with Gasteiger partial charge in [-0.15, -0.1) is 0 Å². The fourth-order valence-corrected chi connectivity index (χ4v) is 1.17. The van der Waals surface area contributed by atoms with Gasteiger partial charge in [0, 0.05) is 6.08 Å². The van der Waals surface area contributed by atoms with Crippen LogP contribution in [-0.4, -0.2) is 26.6 Å². The van der Waals surface area contributed by atoms with Crippen molar-refractivity contribution < 1.29 is 19.7 Å². The Labute approximate surface area is 118 Å². The maximum absolute atomic E-state index is 11.2. The molecule has 0 radical (unpaired) electrons. The lowest BCUT2D eigenvalue weighted by Crippen LogP contribution is -2.15. The predicted octanol–water partition coefficient (Wildman–Crippen LogP) is 3.02. The van der Waals surface area contributed by atoms with E-state index in [4.69, 9.17) is 39.9 Å². The summed E-state index contributed by atoms with van der Waals surface area (Å²) in [7, 11) is 0. The van der Waals surface area contributed by atoms with Gasteiger partial charge in [-0.3, -0.25) is 0 Å². The molecule has 7 heteroatoms. The molecule has 2 N–H and O–H groups in total. The first-order valence-electron chi connectivity index (χ1n) is 4.71. The molecule has 0 saturated heterocycles. The molecular formula is C11H9Cl3O4. The van der Waals surface area contributed by atoms with Gasteiger partial charge in [0.25, 0.3) is 0 Å². The van der Waals surface area contributed by atoms with Gasteiger partial charge in [-0.05, 0) is 23.8 Å². The third-order valence-corrected chi connectivity index (χ3v) is 2.12. The average Bonchev–Trinajstić information content (AvgIpc) is 2.27. The molecular weight excluding hydrogens is 302 g/mol. The summed E-state index contributed by atoms with van der Waals surface area (Å²) in [6.45, 7) is -0.359. The Morgan fingerprint density at radius 1 is 1.28 bits per heavy atom. The number of esters is 1. The number of hydrogen-bond acceptors (Lipinski definition) is 4. The third-order valence-electron chi connectivity index (χ3n) is 1.79. The number of carbonyl (C=O) groups excluding carboxylic acids is 1. The number of ether oxygens (including phenoxy) is 1. The van der Waals surface area contributed by atoms with Crippen LogP contribution in [0.5, 0.6) is 11.5 Å². The number of aromatic hydroxyl groups is 2. The number of alkyl halides is 3. The second-order valence-corrected chi connectivity index (χ2v) is 5.82. The van der Waals surface area contributed by atoms with E-state index in [0.29, 0.717) is 5.56 Å². The minimum Gasteiger partial charge on any atom is -0.504 e. The highest BCUT2D eigenvalue weighted by atomic mass is 35.6. The van der Waals surface area contributed by atoms with Crippen LogP contribution < -0.4 is 0 Å². The molecule has 1 aromatic rings. The fraction of sp³-hybridized carbons (Fsp3) is 0.182. The van der Waals surface area contributed by atoms with E-state index in [1.807, 2.05) is 0 Å². The van der Waals surface area contributed by atoms with Crippen molar-refractivity contribution in [3.63, 3.8) is 0 Å². The van der Waals surface area contributed by atoms with E-state index in [9.17, 15) is 9.90 Å². The maximum atomic E-state index is 11.2. The van der Waals surface area contributed by atoms with Crippen molar-refractivity contribution in [3.05, 3.63) is 29.8 Å². The summed E-state index contributed by atoms with van der Waals surface area (Å²) in [6, 6.07) is 4.09. The molecule has 0 aliphatic rings. The van der Waals surface area contributed by atoms with Crippen LogP contribution in [0.3, 0.4) is 0 Å². The van der Waals surface area contributed by atoms with Crippen LogP contribution in [0.4, 0.5) is 0 Å². The Kier molecular flexibility index (Phi) is 5.14. The van der Waals surface area contributed by atoms with Gasteiger partial charge < -0.3 is 14.9 Å². The summed E-state index contributed by atoms with van der Waals surface area (Å²) >= 11 is 16.2. The number of phenols is 2. The van der Waals surface area contributed by atoms with Crippen LogP contribution in [0.2, 0.25) is 0 Å². The first-order valence-corrected chi connectivity index (χ1v) is 5.85. The van der Waals surface area contributed by atoms with Gasteiger partial charge in [0.2, 0.25) is 3.79 Å². The summed E-state index contributed by atoms with van der Waals surface area (Å²) in [5.74, 6) is -1.22. The monoisotopic (exact) mass is 310 g/mol. The molecule has 0 amide bonds. The van der Waals surface area contributed by atoms with Crippen molar-refractivity contribution in [2.24, 2.45) is 0 Å². The topological polar surface area (TPSA) is 66.8 Å². The van der Waals surface area contributed by atoms with E-state index in [0.717, 1.165) is 6.08 Å². The number of carbonyl (C=O) groups is 1. The molecule has 0 heterocycles. The molecule has 0 aliphatic carbocycles. The van der Waals surface area contributed by atoms with Gasteiger partial charge in [-0.1, -0.05) is 40.9 Å². The largest absolute Gasteiger partial charge is 0.504 e. The molecule has 0 bridgehead atoms. The number of benzene rings is 1. The average molecular weight is 312 g/mol. The number of rotatable bonds is 3. The summed E-state index contributed by atoms with van der Waals surface area (Å²) in [4.78, 5) is 11.2. The van der Waals surface area contributed by atoms with Crippen molar-refractivity contribution in [3.8, 4) is 11.5 Å². The Bertz CT molecular complexity index is 466. The Hall–Kier alpha value is -1.10. The Morgan fingerprint density at radius 3 is 2.50 bits per heavy atom. The lowest BCUT2D eigenvalue weighted by Gasteiger charge is -2.09. The molecule has 1 rings (SSSR count). The third kappa shape index (κ3) is 5.49. The maximum Gasteiger partial charge on any atom is 0.330 e. The standard InChI is InChI=1S/C11H9Cl3O4/c12-11(13,14)6-18-10(17)4-2-7-1-3-8(15)9(16)5-7/h1-5,15-16H,6H2/b4-2+. The predicted molar refractivity (Wildman–Crippen MR) is 70.1 cm³/mol. The first kappa shape index (κ1) is 15.0. The molecule has 0 fully saturated rings. The zero-order chi connectivity index (χ0) is 13.8. The summed E-state index contributed by atoms with van der Waals surface area (Å²) < 4.78 is 3.00. The smallest absolute Gasteiger partial charge is 0.330 e. The quantitative estimate of drug-likeness (QED) is 0.390. The first-order chi connectivity index (χ1) is 8.28. The summed E-state index contributed by atoms with van der Waals surface area (Å²) in [5, 5.41) is 18.3. The molecule has 0 atom stereocenters. The number of hydrogen-bond donors (Lipinski definition) is 2. The van der Waals surface area contributed by atoms with E-state index in [1.165, 1.54) is 24.3 Å². The lowest BCUT2D eigenvalue weighted by atomic mass is 10.2. The van der Waals surface area contributed by atoms with Gasteiger partial charge in [-0.2, -0.15) is 0 Å². The fourth-order valence-electron chi connectivity index (χ4n) is 1.01. The molecule has 4 nitrogen and oxygen atoms in total. The van der Waals surface area contributed by atoms with E-state index in [2.05, 4.69) is 4.74 Å². The van der Waals surface area contributed by atoms with E-state index in [-0.39, 0.29) is 18.1 Å². The minimum atomic E-state index is -1.65. The second kappa shape index (κ2) is 6.18. The normalized spacial score (nSPS) is 11.7. The number of phenolic OH excluding ortho intramolecular Hbond substituents is 2. The molecule has 0 aliphatic heterocycles. The zero-order valence-electron chi connectivity index (χ0n) is 8.94. The SMILES string of the molecule is O=C(/C=C/c1ccc(O)c(O)c1)OCC(Cl)(Cl)Cl. The molecule has 0 aromatic heterocycles. The molecule has 0 saturated carbocycles. The molecule has 98 valence electrons. The van der Waals surface area contributed by atoms with Crippen LogP contribution in [0.25, 0.3) is 6.08 Å². The van der Waals surface area contributed by atoms with Crippen LogP contribution in [0.1, 0.15) is 5.56 Å². The van der Waals surface area contributed by atoms with Crippen molar-refractivity contribution in [1.29, 1.82) is 0 Å². The van der Waals surface area contributed by atoms with Crippen LogP contribution >= 0.6 is 34.8 Å². The van der Waals surface area contributed by atoms with Crippen molar-refractivity contribution in [2.45, 2.75) is 3.79 Å². The zero-order valence-corrected chi connectivity index (χ0v) is 11.2. The van der Waals surface area contributed by atoms with E-state index in [1.54, 1.807) is 0 Å². The second-order valence-electron chi connectivity index (χ2n) is 3.30. The Morgan fingerprint density at radius 2 is 1.94 bits per heavy atom. The van der Waals surface area contributed by atoms with Crippen LogP contribution in [0, 0.1) is 0 Å². The van der Waals surface area contributed by atoms with Gasteiger partial charge in [0.15, 0.2) is 11.5 Å². The Balaban J connectivity index is 2.58. The van der Waals surface area contributed by atoms with E-state index < -0.39 is 9.76 Å². The minimum absolute atomic E-state index is 0.245. The highest BCUT2D eigenvalue weighted by molar-refractivity contribution is 6.67. The molecule has 0 spiro atoms. The van der Waals surface area contributed by atoms with Crippen LogP contribution in [-0.2, 0) is 9.53 Å². The van der Waals surface area contributed by atoms with Crippen molar-refractivity contribution >= 4 is 46.8 Å². The molecule has 0 unspecified atom stereocenters. The van der Waals surface area contributed by atoms with Gasteiger partial charge in [0.05, 0.1) is 0 Å². The van der Waals surface area contributed by atoms with Gasteiger partial charge in [0.1, 0.15) is 6.61 Å². The molecule has 18 heavy (non-hydrogen) atoms.